The number of hydrogen-bond acceptors (Lipinski definition) is 6. The summed E-state index contributed by atoms with van der Waals surface area (Å²) in [6.07, 6.45) is 67.2. The SMILES string of the molecule is CCC/C=C\CCCCCCCC(=O)OCC(COC(=O)CCCCCCCCCCCCC/C=C\CCCCCCCCCC)OC(=O)CCCCCCC/C=C\CCCCCCCCC. The molecule has 0 amide bonds. The molecule has 0 N–H and O–H groups in total. The highest BCUT2D eigenvalue weighted by atomic mass is 16.6. The number of hydrogen-bond donors (Lipinski definition) is 0. The second-order valence-electron chi connectivity index (χ2n) is 19.9. The van der Waals surface area contributed by atoms with E-state index in [2.05, 4.69) is 57.2 Å². The lowest BCUT2D eigenvalue weighted by atomic mass is 10.0. The maximum Gasteiger partial charge on any atom is 0.306 e. The van der Waals surface area contributed by atoms with Gasteiger partial charge in [0.05, 0.1) is 0 Å². The third-order valence-electron chi connectivity index (χ3n) is 13.1. The molecule has 0 aromatic carbocycles. The first-order valence-corrected chi connectivity index (χ1v) is 29.5. The molecule has 0 aromatic rings. The number of esters is 3. The van der Waals surface area contributed by atoms with Crippen molar-refractivity contribution in [1.29, 1.82) is 0 Å². The van der Waals surface area contributed by atoms with Gasteiger partial charge >= 0.3 is 17.9 Å². The van der Waals surface area contributed by atoms with Crippen LogP contribution in [0.3, 0.4) is 0 Å². The molecule has 6 heteroatoms. The molecule has 0 saturated carbocycles. The van der Waals surface area contributed by atoms with Gasteiger partial charge in [-0.3, -0.25) is 14.4 Å². The molecule has 1 atom stereocenters. The lowest BCUT2D eigenvalue weighted by Gasteiger charge is -2.18. The molecule has 0 spiro atoms. The van der Waals surface area contributed by atoms with Gasteiger partial charge in [0.15, 0.2) is 6.10 Å². The highest BCUT2D eigenvalue weighted by Gasteiger charge is 2.19. The standard InChI is InChI=1S/C61H112O6/c1-4-7-10-13-16-19-22-24-26-28-29-30-31-32-33-34-36-37-39-42-45-48-51-54-60(63)66-57-58(56-65-59(62)53-50-47-44-41-21-18-15-12-9-6-3)67-61(64)55-52-49-46-43-40-38-35-27-25-23-20-17-14-11-8-5-2/h12,15,27-29,35,58H,4-11,13-14,16-26,30-34,36-57H2,1-3H3/b15-12-,29-28-,35-27-. The highest BCUT2D eigenvalue weighted by molar-refractivity contribution is 5.71. The summed E-state index contributed by atoms with van der Waals surface area (Å²) in [5.74, 6) is -0.882. The molecule has 392 valence electrons. The summed E-state index contributed by atoms with van der Waals surface area (Å²) in [7, 11) is 0. The summed E-state index contributed by atoms with van der Waals surface area (Å²) in [6.45, 7) is 6.60. The van der Waals surface area contributed by atoms with Gasteiger partial charge in [0.2, 0.25) is 0 Å². The van der Waals surface area contributed by atoms with Gasteiger partial charge in [-0.2, -0.15) is 0 Å². The molecule has 0 radical (unpaired) electrons. The molecule has 1 unspecified atom stereocenters. The van der Waals surface area contributed by atoms with Crippen molar-refractivity contribution < 1.29 is 28.6 Å². The Morgan fingerprint density at radius 3 is 0.806 bits per heavy atom. The van der Waals surface area contributed by atoms with Crippen LogP contribution in [0.4, 0.5) is 0 Å². The van der Waals surface area contributed by atoms with Gasteiger partial charge in [-0.05, 0) is 89.9 Å². The quantitative estimate of drug-likeness (QED) is 0.0262. The van der Waals surface area contributed by atoms with Crippen molar-refractivity contribution >= 4 is 17.9 Å². The molecule has 0 aliphatic heterocycles. The van der Waals surface area contributed by atoms with Gasteiger partial charge in [-0.15, -0.1) is 0 Å². The zero-order chi connectivity index (χ0) is 48.6. The third-order valence-corrected chi connectivity index (χ3v) is 13.1. The Kier molecular flexibility index (Phi) is 54.2. The Morgan fingerprint density at radius 2 is 0.522 bits per heavy atom. The van der Waals surface area contributed by atoms with Gasteiger partial charge in [0, 0.05) is 19.3 Å². The summed E-state index contributed by atoms with van der Waals surface area (Å²) in [4.78, 5) is 38.1. The first-order chi connectivity index (χ1) is 33.0. The summed E-state index contributed by atoms with van der Waals surface area (Å²) in [5, 5.41) is 0. The summed E-state index contributed by atoms with van der Waals surface area (Å²) in [5.41, 5.74) is 0. The third kappa shape index (κ3) is 54.4. The van der Waals surface area contributed by atoms with E-state index in [-0.39, 0.29) is 31.1 Å². The van der Waals surface area contributed by atoms with Crippen LogP contribution in [0.15, 0.2) is 36.5 Å². The molecule has 0 heterocycles. The maximum atomic E-state index is 12.8. The lowest BCUT2D eigenvalue weighted by molar-refractivity contribution is -0.167. The average Bonchev–Trinajstić information content (AvgIpc) is 3.33. The van der Waals surface area contributed by atoms with Crippen LogP contribution in [-0.2, 0) is 28.6 Å². The monoisotopic (exact) mass is 941 g/mol. The Bertz CT molecular complexity index is 1130. The predicted molar refractivity (Wildman–Crippen MR) is 289 cm³/mol. The average molecular weight is 942 g/mol. The van der Waals surface area contributed by atoms with Gasteiger partial charge in [-0.1, -0.05) is 243 Å². The van der Waals surface area contributed by atoms with Gasteiger partial charge in [0.1, 0.15) is 13.2 Å². The van der Waals surface area contributed by atoms with Crippen molar-refractivity contribution in [3.05, 3.63) is 36.5 Å². The van der Waals surface area contributed by atoms with E-state index in [0.717, 1.165) is 77.0 Å². The van der Waals surface area contributed by atoms with E-state index < -0.39 is 6.10 Å². The predicted octanol–water partition coefficient (Wildman–Crippen LogP) is 19.7. The van der Waals surface area contributed by atoms with E-state index in [1.165, 1.54) is 199 Å². The Labute approximate surface area is 416 Å². The highest BCUT2D eigenvalue weighted by Crippen LogP contribution is 2.16. The van der Waals surface area contributed by atoms with Gasteiger partial charge < -0.3 is 14.2 Å². The van der Waals surface area contributed by atoms with Crippen molar-refractivity contribution in [2.45, 2.75) is 322 Å². The van der Waals surface area contributed by atoms with Crippen molar-refractivity contribution in [1.82, 2.24) is 0 Å². The minimum atomic E-state index is -0.778. The molecular formula is C61H112O6. The van der Waals surface area contributed by atoms with Crippen LogP contribution in [0, 0.1) is 0 Å². The van der Waals surface area contributed by atoms with Crippen molar-refractivity contribution in [2.24, 2.45) is 0 Å². The van der Waals surface area contributed by atoms with Crippen LogP contribution >= 0.6 is 0 Å². The van der Waals surface area contributed by atoms with Crippen LogP contribution in [0.2, 0.25) is 0 Å². The van der Waals surface area contributed by atoms with Crippen molar-refractivity contribution in [3.63, 3.8) is 0 Å². The summed E-state index contributed by atoms with van der Waals surface area (Å²) >= 11 is 0. The van der Waals surface area contributed by atoms with Crippen molar-refractivity contribution in [3.8, 4) is 0 Å². The zero-order valence-corrected chi connectivity index (χ0v) is 44.9. The van der Waals surface area contributed by atoms with E-state index in [1.807, 2.05) is 0 Å². The topological polar surface area (TPSA) is 78.9 Å². The normalized spacial score (nSPS) is 12.2. The van der Waals surface area contributed by atoms with Gasteiger partial charge in [0.25, 0.3) is 0 Å². The summed E-state index contributed by atoms with van der Waals surface area (Å²) in [6, 6.07) is 0. The molecular weight excluding hydrogens is 829 g/mol. The fourth-order valence-corrected chi connectivity index (χ4v) is 8.61. The largest absolute Gasteiger partial charge is 0.462 e. The maximum absolute atomic E-state index is 12.8. The van der Waals surface area contributed by atoms with Crippen LogP contribution in [0.1, 0.15) is 316 Å². The van der Waals surface area contributed by atoms with Crippen LogP contribution in [-0.4, -0.2) is 37.2 Å². The Hall–Kier alpha value is -2.37. The molecule has 0 bridgehead atoms. The molecule has 0 fully saturated rings. The minimum absolute atomic E-state index is 0.0763. The lowest BCUT2D eigenvalue weighted by Crippen LogP contribution is -2.30. The van der Waals surface area contributed by atoms with Crippen LogP contribution < -0.4 is 0 Å². The molecule has 0 rings (SSSR count). The van der Waals surface area contributed by atoms with Crippen LogP contribution in [0.5, 0.6) is 0 Å². The smallest absolute Gasteiger partial charge is 0.306 e. The van der Waals surface area contributed by atoms with Crippen LogP contribution in [0.25, 0.3) is 0 Å². The second kappa shape index (κ2) is 56.2. The number of carbonyl (C=O) groups is 3. The number of ether oxygens (including phenoxy) is 3. The van der Waals surface area contributed by atoms with E-state index in [1.54, 1.807) is 0 Å². The molecule has 0 aliphatic carbocycles. The second-order valence-corrected chi connectivity index (χ2v) is 19.9. The fraction of sp³-hybridized carbons (Fsp3) is 0.852. The van der Waals surface area contributed by atoms with E-state index in [4.69, 9.17) is 14.2 Å². The van der Waals surface area contributed by atoms with E-state index in [9.17, 15) is 14.4 Å². The number of rotatable bonds is 54. The fourth-order valence-electron chi connectivity index (χ4n) is 8.61. The molecule has 67 heavy (non-hydrogen) atoms. The number of allylic oxidation sites excluding steroid dienone is 6. The molecule has 0 saturated heterocycles. The molecule has 0 aromatic heterocycles. The minimum Gasteiger partial charge on any atom is -0.462 e. The van der Waals surface area contributed by atoms with E-state index >= 15 is 0 Å². The zero-order valence-electron chi connectivity index (χ0n) is 44.9. The number of carbonyl (C=O) groups excluding carboxylic acids is 3. The first kappa shape index (κ1) is 64.6. The molecule has 0 aliphatic rings. The number of unbranched alkanes of at least 4 members (excludes halogenated alkanes) is 37. The first-order valence-electron chi connectivity index (χ1n) is 29.5. The Balaban J connectivity index is 4.23. The van der Waals surface area contributed by atoms with Crippen molar-refractivity contribution in [2.75, 3.05) is 13.2 Å². The Morgan fingerprint density at radius 1 is 0.284 bits per heavy atom. The van der Waals surface area contributed by atoms with E-state index in [0.29, 0.717) is 19.3 Å². The van der Waals surface area contributed by atoms with Gasteiger partial charge in [-0.25, -0.2) is 0 Å². The summed E-state index contributed by atoms with van der Waals surface area (Å²) < 4.78 is 16.8. The molecule has 6 nitrogen and oxygen atoms in total.